The number of sulfonamides is 2. The summed E-state index contributed by atoms with van der Waals surface area (Å²) >= 11 is 5.76. The third-order valence-electron chi connectivity index (χ3n) is 14.1. The number of benzene rings is 6. The van der Waals surface area contributed by atoms with Gasteiger partial charge in [-0.3, -0.25) is 29.8 Å². The van der Waals surface area contributed by atoms with Crippen LogP contribution >= 0.6 is 11.6 Å². The summed E-state index contributed by atoms with van der Waals surface area (Å²) in [5.41, 5.74) is 9.57. The Hall–Kier alpha value is -7.31. The predicted octanol–water partition coefficient (Wildman–Crippen LogP) is 9.53. The van der Waals surface area contributed by atoms with Gasteiger partial charge in [0.05, 0.1) is 45.4 Å². The van der Waals surface area contributed by atoms with Gasteiger partial charge in [0, 0.05) is 49.1 Å². The Labute approximate surface area is 477 Å². The number of aliphatic hydroxyl groups is 1. The summed E-state index contributed by atoms with van der Waals surface area (Å²) in [6.07, 6.45) is 4.20. The lowest BCUT2D eigenvalue weighted by atomic mass is 9.85. The lowest BCUT2D eigenvalue weighted by Gasteiger charge is -2.29. The molecule has 0 aliphatic heterocycles. The predicted molar refractivity (Wildman–Crippen MR) is 310 cm³/mol. The number of carbonyl (C=O) groups is 2. The summed E-state index contributed by atoms with van der Waals surface area (Å²) in [5, 5.41) is 40.9. The second-order valence-electron chi connectivity index (χ2n) is 19.8. The summed E-state index contributed by atoms with van der Waals surface area (Å²) in [5.74, 6) is 0.422. The molecular weight excluding hydrogens is 1100 g/mol. The number of amides is 2. The van der Waals surface area contributed by atoms with Crippen LogP contribution in [0.2, 0.25) is 5.02 Å². The van der Waals surface area contributed by atoms with Crippen LogP contribution in [-0.2, 0) is 49.3 Å². The topological polar surface area (TPSA) is 304 Å². The number of ether oxygens (including phenoxy) is 1. The highest BCUT2D eigenvalue weighted by Crippen LogP contribution is 2.32. The van der Waals surface area contributed by atoms with Crippen LogP contribution in [0.3, 0.4) is 0 Å². The maximum absolute atomic E-state index is 13.1. The van der Waals surface area contributed by atoms with Gasteiger partial charge in [-0.05, 0) is 129 Å². The zero-order chi connectivity index (χ0) is 58.7. The molecule has 81 heavy (non-hydrogen) atoms. The SMILES string of the molecule is COc1ccc(CN)cc1.C[C@@H](NC(=O)C1CCC(NS(=O)(=O)c2ccc(Cl)c([N+](=O)[O-])c2)CC1)c1ccccc1.C[C@@H](NC(=O)C1CCC(NS(=O)(=O)c2ccc(NCc3ccc(CO)cc3)c([N+](=O)[O-])c2)CC1)c1ccccc1. The number of hydrogen-bond acceptors (Lipinski definition) is 14. The van der Waals surface area contributed by atoms with E-state index in [9.17, 15) is 46.7 Å². The van der Waals surface area contributed by atoms with Crippen molar-refractivity contribution in [2.45, 2.75) is 119 Å². The molecule has 20 nitrogen and oxygen atoms in total. The molecule has 2 saturated carbocycles. The van der Waals surface area contributed by atoms with Gasteiger partial charge in [0.2, 0.25) is 31.9 Å². The fraction of sp³-hybridized carbons (Fsp3) is 0.345. The van der Waals surface area contributed by atoms with Gasteiger partial charge >= 0.3 is 0 Å². The second-order valence-corrected chi connectivity index (χ2v) is 23.6. The third-order valence-corrected chi connectivity index (χ3v) is 17.5. The van der Waals surface area contributed by atoms with Crippen LogP contribution in [0.4, 0.5) is 17.1 Å². The molecule has 0 saturated heterocycles. The number of nitrogens with two attached hydrogens (primary N) is 1. The first kappa shape index (κ1) is 62.9. The number of methoxy groups -OCH3 is 1. The van der Waals surface area contributed by atoms with Crippen LogP contribution < -0.4 is 35.9 Å². The number of anilines is 1. The van der Waals surface area contributed by atoms with E-state index in [4.69, 9.17) is 27.2 Å². The van der Waals surface area contributed by atoms with Gasteiger partial charge in [-0.1, -0.05) is 109 Å². The molecule has 0 unspecified atom stereocenters. The molecule has 2 fully saturated rings. The van der Waals surface area contributed by atoms with Crippen LogP contribution in [-0.4, -0.2) is 62.8 Å². The Morgan fingerprint density at radius 3 is 1.46 bits per heavy atom. The number of nitro groups is 2. The molecule has 432 valence electrons. The van der Waals surface area contributed by atoms with Crippen molar-refractivity contribution in [2.24, 2.45) is 17.6 Å². The molecule has 0 spiro atoms. The first-order valence-corrected chi connectivity index (χ1v) is 29.8. The van der Waals surface area contributed by atoms with Gasteiger partial charge in [-0.2, -0.15) is 0 Å². The average molecular weight is 1170 g/mol. The van der Waals surface area contributed by atoms with Crippen molar-refractivity contribution in [1.82, 2.24) is 20.1 Å². The Bertz CT molecular complexity index is 3250. The van der Waals surface area contributed by atoms with E-state index in [2.05, 4.69) is 25.4 Å². The molecule has 2 aliphatic rings. The molecule has 2 atom stereocenters. The summed E-state index contributed by atoms with van der Waals surface area (Å²) in [6, 6.07) is 40.5. The highest BCUT2D eigenvalue weighted by molar-refractivity contribution is 7.89. The molecule has 0 bridgehead atoms. The molecule has 2 aliphatic carbocycles. The first-order chi connectivity index (χ1) is 38.7. The maximum atomic E-state index is 13.1. The highest BCUT2D eigenvalue weighted by atomic mass is 35.5. The van der Waals surface area contributed by atoms with Crippen LogP contribution in [0.25, 0.3) is 0 Å². The minimum absolute atomic E-state index is 0.0361. The fourth-order valence-corrected chi connectivity index (χ4v) is 12.2. The van der Waals surface area contributed by atoms with Crippen LogP contribution in [0.5, 0.6) is 5.75 Å². The zero-order valence-electron chi connectivity index (χ0n) is 45.2. The Balaban J connectivity index is 0.000000227. The number of nitro benzene ring substituents is 2. The lowest BCUT2D eigenvalue weighted by Crippen LogP contribution is -2.41. The molecular formula is C58H69ClN8O12S2. The quantitative estimate of drug-likeness (QED) is 0.0277. The van der Waals surface area contributed by atoms with E-state index in [1.165, 1.54) is 24.3 Å². The van der Waals surface area contributed by atoms with Crippen LogP contribution in [0.1, 0.15) is 105 Å². The van der Waals surface area contributed by atoms with Gasteiger partial charge in [0.25, 0.3) is 11.4 Å². The molecule has 0 heterocycles. The van der Waals surface area contributed by atoms with Crippen molar-refractivity contribution < 1.29 is 46.1 Å². The van der Waals surface area contributed by atoms with Gasteiger partial charge in [-0.25, -0.2) is 26.3 Å². The third kappa shape index (κ3) is 18.6. The number of hydrogen-bond donors (Lipinski definition) is 7. The Morgan fingerprint density at radius 2 is 1.04 bits per heavy atom. The summed E-state index contributed by atoms with van der Waals surface area (Å²) in [4.78, 5) is 46.4. The summed E-state index contributed by atoms with van der Waals surface area (Å²) in [6.45, 7) is 4.66. The van der Waals surface area contributed by atoms with E-state index in [0.29, 0.717) is 57.9 Å². The van der Waals surface area contributed by atoms with Crippen molar-refractivity contribution in [1.29, 1.82) is 0 Å². The van der Waals surface area contributed by atoms with Crippen LogP contribution in [0.15, 0.2) is 155 Å². The molecule has 0 aromatic heterocycles. The Kier molecular flexibility index (Phi) is 23.2. The number of halogens is 1. The van der Waals surface area contributed by atoms with Crippen molar-refractivity contribution in [3.63, 3.8) is 0 Å². The van der Waals surface area contributed by atoms with Gasteiger partial charge < -0.3 is 31.5 Å². The molecule has 8 N–H and O–H groups in total. The molecule has 6 aromatic rings. The van der Waals surface area contributed by atoms with Gasteiger partial charge in [0.15, 0.2) is 0 Å². The van der Waals surface area contributed by atoms with E-state index < -0.39 is 35.6 Å². The van der Waals surface area contributed by atoms with E-state index >= 15 is 0 Å². The molecule has 23 heteroatoms. The monoisotopic (exact) mass is 1170 g/mol. The molecule has 0 radical (unpaired) electrons. The number of nitrogens with zero attached hydrogens (tertiary/aromatic N) is 2. The smallest absolute Gasteiger partial charge is 0.293 e. The number of nitrogens with one attached hydrogen (secondary N) is 5. The fourth-order valence-electron chi connectivity index (χ4n) is 9.33. The van der Waals surface area contributed by atoms with Crippen LogP contribution in [0, 0.1) is 32.1 Å². The zero-order valence-corrected chi connectivity index (χ0v) is 47.6. The van der Waals surface area contributed by atoms with Crippen molar-refractivity contribution in [2.75, 3.05) is 12.4 Å². The number of carbonyl (C=O) groups excluding carboxylic acids is 2. The molecule has 6 aromatic carbocycles. The second kappa shape index (κ2) is 29.9. The highest BCUT2D eigenvalue weighted by Gasteiger charge is 2.33. The van der Waals surface area contributed by atoms with E-state index in [0.717, 1.165) is 45.7 Å². The Morgan fingerprint density at radius 1 is 0.617 bits per heavy atom. The van der Waals surface area contributed by atoms with Crippen molar-refractivity contribution in [3.05, 3.63) is 199 Å². The summed E-state index contributed by atoms with van der Waals surface area (Å²) in [7, 11) is -6.30. The van der Waals surface area contributed by atoms with Gasteiger partial charge in [0.1, 0.15) is 16.5 Å². The molecule has 8 rings (SSSR count). The summed E-state index contributed by atoms with van der Waals surface area (Å²) < 4.78 is 61.7. The van der Waals surface area contributed by atoms with E-state index in [1.807, 2.05) is 98.8 Å². The minimum atomic E-state index is -4.01. The van der Waals surface area contributed by atoms with Crippen molar-refractivity contribution >= 4 is 60.5 Å². The molecule has 2 amide bonds. The minimum Gasteiger partial charge on any atom is -0.497 e. The van der Waals surface area contributed by atoms with Crippen molar-refractivity contribution in [3.8, 4) is 5.75 Å². The maximum Gasteiger partial charge on any atom is 0.293 e. The standard InChI is InChI=1S/C29H34N4O6S.C21H24ClN3O5S.C8H11NO/c1-20(23-5-3-2-4-6-23)31-29(35)24-11-13-25(14-12-24)32-40(38,39)26-15-16-27(28(17-26)33(36)37)30-18-21-7-9-22(19-34)10-8-21;1-14(15-5-3-2-4-6-15)23-21(26)16-7-9-17(10-8-16)24-31(29,30)18-11-12-19(22)20(13-18)25(27)28;1-10-8-4-2-7(6-9)3-5-8/h2-10,15-17,20,24-25,30,32,34H,11-14,18-19H2,1H3,(H,31,35);2-6,11-14,16-17,24H,7-10H2,1H3,(H,23,26);2-5H,6,9H2,1H3/t20-,24?,25?;14-,16?,17?;/m11./s1. The largest absolute Gasteiger partial charge is 0.497 e. The van der Waals surface area contributed by atoms with E-state index in [-0.39, 0.29) is 87.2 Å². The van der Waals surface area contributed by atoms with Gasteiger partial charge in [-0.15, -0.1) is 0 Å². The van der Waals surface area contributed by atoms with E-state index in [1.54, 1.807) is 31.4 Å². The lowest BCUT2D eigenvalue weighted by molar-refractivity contribution is -0.384. The normalized spacial score (nSPS) is 17.8. The first-order valence-electron chi connectivity index (χ1n) is 26.4. The average Bonchev–Trinajstić information content (AvgIpc) is 3.48. The number of rotatable bonds is 20. The number of aliphatic hydroxyl groups excluding tert-OH is 1.